The van der Waals surface area contributed by atoms with E-state index in [4.69, 9.17) is 5.14 Å². The zero-order valence-corrected chi connectivity index (χ0v) is 14.7. The zero-order valence-electron chi connectivity index (χ0n) is 13.0. The number of carbonyl (C=O) groups excluding carboxylic acids is 1. The molecule has 0 aliphatic carbocycles. The molecule has 1 aromatic carbocycles. The Kier molecular flexibility index (Phi) is 4.63. The van der Waals surface area contributed by atoms with Crippen molar-refractivity contribution < 1.29 is 23.1 Å². The van der Waals surface area contributed by atoms with Crippen molar-refractivity contribution in [3.63, 3.8) is 0 Å². The molecule has 9 heteroatoms. The van der Waals surface area contributed by atoms with E-state index in [2.05, 4.69) is 0 Å². The highest BCUT2D eigenvalue weighted by Gasteiger charge is 2.40. The van der Waals surface area contributed by atoms with Crippen LogP contribution < -0.4 is 5.14 Å². The van der Waals surface area contributed by atoms with Gasteiger partial charge in [-0.05, 0) is 11.6 Å². The van der Waals surface area contributed by atoms with E-state index < -0.39 is 27.8 Å². The van der Waals surface area contributed by atoms with E-state index in [0.29, 0.717) is 0 Å². The van der Waals surface area contributed by atoms with Crippen molar-refractivity contribution in [1.82, 2.24) is 4.90 Å². The second-order valence-electron chi connectivity index (χ2n) is 5.87. The number of primary sulfonamides is 1. The van der Waals surface area contributed by atoms with Crippen LogP contribution >= 0.6 is 11.3 Å². The molecule has 3 rings (SSSR count). The summed E-state index contributed by atoms with van der Waals surface area (Å²) in [5, 5.41) is 16.0. The van der Waals surface area contributed by atoms with E-state index in [-0.39, 0.29) is 28.8 Å². The number of rotatable bonds is 4. The molecule has 1 fully saturated rings. The van der Waals surface area contributed by atoms with Crippen molar-refractivity contribution in [1.29, 1.82) is 0 Å². The van der Waals surface area contributed by atoms with Gasteiger partial charge in [0.05, 0.1) is 11.5 Å². The van der Waals surface area contributed by atoms with Gasteiger partial charge in [0.2, 0.25) is 10.0 Å². The third-order valence-corrected chi connectivity index (χ3v) is 6.64. The largest absolute Gasteiger partial charge is 0.481 e. The Morgan fingerprint density at radius 3 is 2.44 bits per heavy atom. The minimum atomic E-state index is -3.86. The van der Waals surface area contributed by atoms with Crippen LogP contribution in [0.1, 0.15) is 21.8 Å². The molecule has 3 N–H and O–H groups in total. The van der Waals surface area contributed by atoms with Gasteiger partial charge in [-0.3, -0.25) is 9.59 Å². The number of carboxylic acid groups (broad SMARTS) is 1. The first-order chi connectivity index (χ1) is 11.8. The standard InChI is InChI=1S/C16H16N2O5S2/c17-25(22,23)14-6-11(9-24-14)15(19)18-7-12(13(8-18)16(20)21)10-4-2-1-3-5-10/h1-6,9,12-13H,7-8H2,(H,20,21)(H2,17,22,23)/t12-,13-/m0/s1. The summed E-state index contributed by atoms with van der Waals surface area (Å²) in [6, 6.07) is 10.4. The molecule has 1 aromatic heterocycles. The van der Waals surface area contributed by atoms with Crippen molar-refractivity contribution >= 4 is 33.2 Å². The summed E-state index contributed by atoms with van der Waals surface area (Å²) in [5.74, 6) is -2.36. The van der Waals surface area contributed by atoms with Crippen molar-refractivity contribution in [3.8, 4) is 0 Å². The number of hydrogen-bond acceptors (Lipinski definition) is 5. The van der Waals surface area contributed by atoms with Gasteiger partial charge in [-0.15, -0.1) is 11.3 Å². The van der Waals surface area contributed by atoms with Crippen LogP contribution in [-0.4, -0.2) is 43.4 Å². The summed E-state index contributed by atoms with van der Waals surface area (Å²) in [5.41, 5.74) is 1.06. The zero-order chi connectivity index (χ0) is 18.2. The van der Waals surface area contributed by atoms with Gasteiger partial charge in [0.1, 0.15) is 4.21 Å². The Balaban J connectivity index is 1.85. The lowest BCUT2D eigenvalue weighted by atomic mass is 9.89. The molecule has 2 atom stereocenters. The highest BCUT2D eigenvalue weighted by molar-refractivity contribution is 7.91. The minimum Gasteiger partial charge on any atom is -0.481 e. The van der Waals surface area contributed by atoms with Crippen LogP contribution in [0.15, 0.2) is 46.0 Å². The molecule has 1 saturated heterocycles. The molecule has 2 aromatic rings. The quantitative estimate of drug-likeness (QED) is 0.830. The highest BCUT2D eigenvalue weighted by atomic mass is 32.2. The molecule has 0 saturated carbocycles. The lowest BCUT2D eigenvalue weighted by molar-refractivity contribution is -0.141. The van der Waals surface area contributed by atoms with Crippen LogP contribution in [0.3, 0.4) is 0 Å². The fourth-order valence-corrected chi connectivity index (χ4v) is 4.60. The van der Waals surface area contributed by atoms with Gasteiger partial charge in [0.15, 0.2) is 0 Å². The average molecular weight is 380 g/mol. The SMILES string of the molecule is NS(=O)(=O)c1cc(C(=O)N2C[C@H](C(=O)O)[C@H](c3ccccc3)C2)cs1. The summed E-state index contributed by atoms with van der Waals surface area (Å²) in [6.45, 7) is 0.342. The van der Waals surface area contributed by atoms with E-state index in [0.717, 1.165) is 16.9 Å². The molecule has 0 unspecified atom stereocenters. The minimum absolute atomic E-state index is 0.0777. The lowest BCUT2D eigenvalue weighted by Gasteiger charge is -2.15. The number of carboxylic acids is 1. The van der Waals surface area contributed by atoms with Crippen LogP contribution in [0.2, 0.25) is 0 Å². The maximum absolute atomic E-state index is 12.6. The summed E-state index contributed by atoms with van der Waals surface area (Å²) in [7, 11) is -3.86. The first-order valence-electron chi connectivity index (χ1n) is 7.45. The number of likely N-dealkylation sites (tertiary alicyclic amines) is 1. The molecule has 0 bridgehead atoms. The molecule has 0 radical (unpaired) electrons. The topological polar surface area (TPSA) is 118 Å². The normalized spacial score (nSPS) is 20.6. The van der Waals surface area contributed by atoms with Crippen LogP contribution in [0.5, 0.6) is 0 Å². The molecule has 7 nitrogen and oxygen atoms in total. The average Bonchev–Trinajstić information content (AvgIpc) is 3.22. The van der Waals surface area contributed by atoms with Gasteiger partial charge in [0.25, 0.3) is 5.91 Å². The second kappa shape index (κ2) is 6.58. The summed E-state index contributed by atoms with van der Waals surface area (Å²) in [4.78, 5) is 25.7. The Morgan fingerprint density at radius 1 is 1.20 bits per heavy atom. The predicted octanol–water partition coefficient (Wildman–Crippen LogP) is 1.34. The van der Waals surface area contributed by atoms with E-state index in [1.54, 1.807) is 0 Å². The molecular formula is C16H16N2O5S2. The number of hydrogen-bond donors (Lipinski definition) is 2. The van der Waals surface area contributed by atoms with Gasteiger partial charge in [-0.2, -0.15) is 0 Å². The van der Waals surface area contributed by atoms with Crippen LogP contribution in [0.4, 0.5) is 0 Å². The summed E-state index contributed by atoms with van der Waals surface area (Å²) < 4.78 is 22.6. The van der Waals surface area contributed by atoms with Crippen molar-refractivity contribution in [2.75, 3.05) is 13.1 Å². The Bertz CT molecular complexity index is 908. The smallest absolute Gasteiger partial charge is 0.308 e. The number of carbonyl (C=O) groups is 2. The number of nitrogens with two attached hydrogens (primary N) is 1. The number of amides is 1. The van der Waals surface area contributed by atoms with Gasteiger partial charge >= 0.3 is 5.97 Å². The molecule has 2 heterocycles. The van der Waals surface area contributed by atoms with Crippen LogP contribution in [0, 0.1) is 5.92 Å². The molecule has 1 aliphatic heterocycles. The number of sulfonamides is 1. The van der Waals surface area contributed by atoms with Crippen molar-refractivity contribution in [2.24, 2.45) is 11.1 Å². The van der Waals surface area contributed by atoms with E-state index in [1.165, 1.54) is 16.3 Å². The predicted molar refractivity (Wildman–Crippen MR) is 91.9 cm³/mol. The van der Waals surface area contributed by atoms with Gasteiger partial charge in [-0.25, -0.2) is 13.6 Å². The van der Waals surface area contributed by atoms with E-state index >= 15 is 0 Å². The lowest BCUT2D eigenvalue weighted by Crippen LogP contribution is -2.29. The van der Waals surface area contributed by atoms with E-state index in [1.807, 2.05) is 30.3 Å². The maximum Gasteiger partial charge on any atom is 0.308 e. The maximum atomic E-state index is 12.6. The number of thiophene rings is 1. The molecule has 1 amide bonds. The Hall–Kier alpha value is -2.23. The van der Waals surface area contributed by atoms with Gasteiger partial charge in [-0.1, -0.05) is 30.3 Å². The fraction of sp³-hybridized carbons (Fsp3) is 0.250. The van der Waals surface area contributed by atoms with Gasteiger partial charge < -0.3 is 10.0 Å². The molecule has 132 valence electrons. The Morgan fingerprint density at radius 2 is 1.88 bits per heavy atom. The first kappa shape index (κ1) is 17.6. The number of aliphatic carboxylic acids is 1. The highest BCUT2D eigenvalue weighted by Crippen LogP contribution is 2.34. The number of benzene rings is 1. The molecule has 25 heavy (non-hydrogen) atoms. The fourth-order valence-electron chi connectivity index (χ4n) is 3.02. The van der Waals surface area contributed by atoms with Crippen LogP contribution in [-0.2, 0) is 14.8 Å². The van der Waals surface area contributed by atoms with Crippen molar-refractivity contribution in [3.05, 3.63) is 52.9 Å². The number of nitrogens with zero attached hydrogens (tertiary/aromatic N) is 1. The van der Waals surface area contributed by atoms with Crippen LogP contribution in [0.25, 0.3) is 0 Å². The first-order valence-corrected chi connectivity index (χ1v) is 9.88. The third kappa shape index (κ3) is 3.58. The summed E-state index contributed by atoms with van der Waals surface area (Å²) >= 11 is 0.871. The molecular weight excluding hydrogens is 364 g/mol. The third-order valence-electron chi connectivity index (χ3n) is 4.25. The summed E-state index contributed by atoms with van der Waals surface area (Å²) in [6.07, 6.45) is 0. The van der Waals surface area contributed by atoms with Crippen molar-refractivity contribution in [2.45, 2.75) is 10.1 Å². The van der Waals surface area contributed by atoms with Gasteiger partial charge in [0, 0.05) is 24.4 Å². The molecule has 0 spiro atoms. The Labute approximate surface area is 148 Å². The second-order valence-corrected chi connectivity index (χ2v) is 8.57. The van der Waals surface area contributed by atoms with E-state index in [9.17, 15) is 23.1 Å². The monoisotopic (exact) mass is 380 g/mol. The molecule has 1 aliphatic rings.